The molecule has 0 aliphatic rings. The van der Waals surface area contributed by atoms with Crippen LogP contribution in [0.15, 0.2) is 53.4 Å². The van der Waals surface area contributed by atoms with Crippen molar-refractivity contribution in [1.82, 2.24) is 30.0 Å². The van der Waals surface area contributed by atoms with Gasteiger partial charge in [0.1, 0.15) is 12.1 Å². The lowest BCUT2D eigenvalue weighted by atomic mass is 10.0. The number of hydrogen-bond donors (Lipinski definition) is 5. The number of thiophene rings is 1. The van der Waals surface area contributed by atoms with Gasteiger partial charge in [0.05, 0.1) is 34.6 Å². The Morgan fingerprint density at radius 1 is 1.15 bits per heavy atom. The van der Waals surface area contributed by atoms with E-state index in [9.17, 15) is 15.0 Å². The van der Waals surface area contributed by atoms with E-state index >= 15 is 0 Å². The second-order valence-corrected chi connectivity index (χ2v) is 11.6. The highest BCUT2D eigenvalue weighted by atomic mass is 32.1. The molecular weight excluding hydrogens is 524 g/mol. The van der Waals surface area contributed by atoms with Crippen LogP contribution in [0.2, 0.25) is 0 Å². The van der Waals surface area contributed by atoms with Crippen molar-refractivity contribution in [3.63, 3.8) is 0 Å². The SMILES string of the molecule is CC(C)C[C@@H](CO)NC(O)c1c(-c2ccsc2)nc2c(C(=O)NCc3ccc4nc(C(C)C)[nH]c4c3)cccn12. The van der Waals surface area contributed by atoms with Gasteiger partial charge in [0.2, 0.25) is 0 Å². The Morgan fingerprint density at radius 2 is 1.98 bits per heavy atom. The number of imidazole rings is 2. The molecule has 0 saturated heterocycles. The zero-order valence-electron chi connectivity index (χ0n) is 23.2. The molecule has 0 bridgehead atoms. The quantitative estimate of drug-likeness (QED) is 0.145. The molecule has 5 rings (SSSR count). The molecule has 4 heterocycles. The normalized spacial score (nSPS) is 13.5. The summed E-state index contributed by atoms with van der Waals surface area (Å²) in [5, 5.41) is 31.3. The number of aromatic amines is 1. The predicted molar refractivity (Wildman–Crippen MR) is 158 cm³/mol. The Labute approximate surface area is 237 Å². The van der Waals surface area contributed by atoms with Gasteiger partial charge in [0.25, 0.3) is 5.91 Å². The molecule has 1 aromatic carbocycles. The van der Waals surface area contributed by atoms with Crippen LogP contribution in [0.4, 0.5) is 0 Å². The van der Waals surface area contributed by atoms with Gasteiger partial charge >= 0.3 is 0 Å². The highest BCUT2D eigenvalue weighted by molar-refractivity contribution is 7.08. The molecule has 9 nitrogen and oxygen atoms in total. The van der Waals surface area contributed by atoms with Gasteiger partial charge in [-0.1, -0.05) is 33.8 Å². The van der Waals surface area contributed by atoms with Crippen molar-refractivity contribution in [3.05, 3.63) is 76.0 Å². The molecule has 1 amide bonds. The number of fused-ring (bicyclic) bond motifs is 2. The number of hydrogen-bond acceptors (Lipinski definition) is 7. The van der Waals surface area contributed by atoms with Gasteiger partial charge in [-0.25, -0.2) is 9.97 Å². The van der Waals surface area contributed by atoms with E-state index in [1.54, 1.807) is 22.7 Å². The summed E-state index contributed by atoms with van der Waals surface area (Å²) in [5.74, 6) is 1.32. The lowest BCUT2D eigenvalue weighted by Crippen LogP contribution is -2.37. The Balaban J connectivity index is 1.44. The molecular formula is C30H36N6O3S. The number of aliphatic hydroxyl groups is 2. The number of H-pyrrole nitrogens is 1. The molecule has 5 aromatic rings. The molecule has 0 radical (unpaired) electrons. The first kappa shape index (κ1) is 28.0. The number of pyridine rings is 1. The summed E-state index contributed by atoms with van der Waals surface area (Å²) < 4.78 is 1.76. The number of carbonyl (C=O) groups excluding carboxylic acids is 1. The van der Waals surface area contributed by atoms with Crippen LogP contribution in [0.25, 0.3) is 27.9 Å². The standard InChI is InChI=1S/C30H36N6O3S/c1-17(2)12-21(15-37)32-30(39)26-25(20-9-11-40-16-20)35-28-22(6-5-10-36(26)28)29(38)31-14-19-7-8-23-24(13-19)34-27(33-23)18(3)4/h5-11,13,16-18,21,30,32,37,39H,12,14-15H2,1-4H3,(H,31,38)(H,33,34)/t21-,30?/m0/s1. The molecule has 0 aliphatic heterocycles. The predicted octanol–water partition coefficient (Wildman–Crippen LogP) is 4.98. The molecule has 0 aliphatic carbocycles. The summed E-state index contributed by atoms with van der Waals surface area (Å²) in [6, 6.07) is 11.1. The van der Waals surface area contributed by atoms with Crippen molar-refractivity contribution in [2.75, 3.05) is 6.61 Å². The van der Waals surface area contributed by atoms with Crippen molar-refractivity contribution >= 4 is 33.9 Å². The van der Waals surface area contributed by atoms with Crippen molar-refractivity contribution in [3.8, 4) is 11.3 Å². The van der Waals surface area contributed by atoms with Crippen molar-refractivity contribution < 1.29 is 15.0 Å². The van der Waals surface area contributed by atoms with E-state index in [2.05, 4.69) is 48.3 Å². The fraction of sp³-hybridized carbons (Fsp3) is 0.367. The number of benzene rings is 1. The van der Waals surface area contributed by atoms with Crippen LogP contribution in [0.5, 0.6) is 0 Å². The van der Waals surface area contributed by atoms with Crippen molar-refractivity contribution in [2.24, 2.45) is 5.92 Å². The van der Waals surface area contributed by atoms with Crippen LogP contribution >= 0.6 is 11.3 Å². The van der Waals surface area contributed by atoms with Gasteiger partial charge in [-0.2, -0.15) is 11.3 Å². The smallest absolute Gasteiger partial charge is 0.255 e. The van der Waals surface area contributed by atoms with Gasteiger partial charge in [-0.3, -0.25) is 14.5 Å². The van der Waals surface area contributed by atoms with E-state index in [0.717, 1.165) is 28.0 Å². The number of aliphatic hydroxyl groups excluding tert-OH is 2. The van der Waals surface area contributed by atoms with Crippen LogP contribution < -0.4 is 10.6 Å². The molecule has 10 heteroatoms. The zero-order chi connectivity index (χ0) is 28.4. The van der Waals surface area contributed by atoms with Crippen molar-refractivity contribution in [2.45, 2.75) is 58.8 Å². The highest BCUT2D eigenvalue weighted by Crippen LogP contribution is 2.31. The first-order chi connectivity index (χ1) is 19.2. The monoisotopic (exact) mass is 560 g/mol. The maximum atomic E-state index is 13.4. The number of nitrogens with one attached hydrogen (secondary N) is 3. The maximum absolute atomic E-state index is 13.4. The highest BCUT2D eigenvalue weighted by Gasteiger charge is 2.26. The summed E-state index contributed by atoms with van der Waals surface area (Å²) in [4.78, 5) is 26.2. The maximum Gasteiger partial charge on any atom is 0.255 e. The second-order valence-electron chi connectivity index (χ2n) is 10.9. The van der Waals surface area contributed by atoms with Crippen LogP contribution in [0.1, 0.15) is 73.7 Å². The molecule has 40 heavy (non-hydrogen) atoms. The van der Waals surface area contributed by atoms with Gasteiger partial charge < -0.3 is 20.5 Å². The Bertz CT molecular complexity index is 1600. The molecule has 0 spiro atoms. The third-order valence-electron chi connectivity index (χ3n) is 6.92. The molecule has 0 saturated carbocycles. The Morgan fingerprint density at radius 3 is 2.67 bits per heavy atom. The number of amides is 1. The van der Waals surface area contributed by atoms with E-state index < -0.39 is 6.23 Å². The summed E-state index contributed by atoms with van der Waals surface area (Å²) in [6.07, 6.45) is 1.40. The molecule has 210 valence electrons. The van der Waals surface area contributed by atoms with E-state index in [1.807, 2.05) is 35.0 Å². The van der Waals surface area contributed by atoms with Crippen LogP contribution in [0, 0.1) is 5.92 Å². The number of rotatable bonds is 11. The van der Waals surface area contributed by atoms with Crippen LogP contribution in [0.3, 0.4) is 0 Å². The van der Waals surface area contributed by atoms with E-state index in [0.29, 0.717) is 47.4 Å². The van der Waals surface area contributed by atoms with Crippen LogP contribution in [-0.4, -0.2) is 48.1 Å². The minimum Gasteiger partial charge on any atom is -0.395 e. The Hall–Kier alpha value is -3.57. The van der Waals surface area contributed by atoms with Gasteiger partial charge in [-0.05, 0) is 53.6 Å². The average Bonchev–Trinajstić information content (AvgIpc) is 3.68. The topological polar surface area (TPSA) is 128 Å². The molecule has 4 aromatic heterocycles. The largest absolute Gasteiger partial charge is 0.395 e. The van der Waals surface area contributed by atoms with E-state index in [4.69, 9.17) is 4.98 Å². The Kier molecular flexibility index (Phi) is 8.32. The zero-order valence-corrected chi connectivity index (χ0v) is 24.0. The fourth-order valence-corrected chi connectivity index (χ4v) is 5.58. The summed E-state index contributed by atoms with van der Waals surface area (Å²) in [7, 11) is 0. The van der Waals surface area contributed by atoms with Crippen LogP contribution in [-0.2, 0) is 6.54 Å². The number of aromatic nitrogens is 4. The first-order valence-electron chi connectivity index (χ1n) is 13.6. The van der Waals surface area contributed by atoms with Crippen molar-refractivity contribution in [1.29, 1.82) is 0 Å². The molecule has 1 unspecified atom stereocenters. The number of carbonyl (C=O) groups is 1. The summed E-state index contributed by atoms with van der Waals surface area (Å²) in [6.45, 7) is 8.57. The minimum absolute atomic E-state index is 0.101. The van der Waals surface area contributed by atoms with Gasteiger partial charge in [-0.15, -0.1) is 0 Å². The fourth-order valence-electron chi connectivity index (χ4n) is 4.94. The van der Waals surface area contributed by atoms with E-state index in [1.165, 1.54) is 11.3 Å². The minimum atomic E-state index is -1.10. The van der Waals surface area contributed by atoms with Gasteiger partial charge in [0, 0.05) is 35.6 Å². The lowest BCUT2D eigenvalue weighted by molar-refractivity contribution is 0.0935. The third kappa shape index (κ3) is 5.80. The second kappa shape index (κ2) is 11.9. The summed E-state index contributed by atoms with van der Waals surface area (Å²) in [5.41, 5.74) is 5.62. The first-order valence-corrected chi connectivity index (χ1v) is 14.5. The average molecular weight is 561 g/mol. The summed E-state index contributed by atoms with van der Waals surface area (Å²) >= 11 is 1.53. The molecule has 5 N–H and O–H groups in total. The lowest BCUT2D eigenvalue weighted by Gasteiger charge is -2.23. The van der Waals surface area contributed by atoms with Gasteiger partial charge in [0.15, 0.2) is 5.65 Å². The van der Waals surface area contributed by atoms with E-state index in [-0.39, 0.29) is 18.6 Å². The molecule has 2 atom stereocenters. The number of nitrogens with zero attached hydrogens (tertiary/aromatic N) is 3. The molecule has 0 fully saturated rings. The third-order valence-corrected chi connectivity index (χ3v) is 7.60.